The van der Waals surface area contributed by atoms with Gasteiger partial charge in [0.15, 0.2) is 0 Å². The van der Waals surface area contributed by atoms with E-state index in [2.05, 4.69) is 26.6 Å². The monoisotopic (exact) mass is 194 g/mol. The lowest BCUT2D eigenvalue weighted by Gasteiger charge is -2.01. The zero-order valence-corrected chi connectivity index (χ0v) is 7.73. The van der Waals surface area contributed by atoms with Crippen molar-refractivity contribution < 1.29 is 4.52 Å². The summed E-state index contributed by atoms with van der Waals surface area (Å²) >= 11 is 0. The zero-order valence-electron chi connectivity index (χ0n) is 7.73. The Labute approximate surface area is 79.6 Å². The third-order valence-corrected chi connectivity index (χ3v) is 1.86. The van der Waals surface area contributed by atoms with Gasteiger partial charge in [-0.15, -0.1) is 0 Å². The number of imidazole rings is 1. The molecule has 2 aromatic heterocycles. The van der Waals surface area contributed by atoms with Crippen molar-refractivity contribution in [2.24, 2.45) is 0 Å². The van der Waals surface area contributed by atoms with E-state index in [1.165, 1.54) is 0 Å². The second kappa shape index (κ2) is 3.49. The Hall–Kier alpha value is -1.85. The molecule has 0 radical (unpaired) electrons. The van der Waals surface area contributed by atoms with E-state index in [9.17, 15) is 4.79 Å². The summed E-state index contributed by atoms with van der Waals surface area (Å²) in [7, 11) is 0. The highest BCUT2D eigenvalue weighted by Gasteiger charge is 2.08. The Bertz CT molecular complexity index is 467. The first-order chi connectivity index (χ1) is 6.81. The third kappa shape index (κ3) is 1.46. The summed E-state index contributed by atoms with van der Waals surface area (Å²) in [5, 5.41) is 3.60. The van der Waals surface area contributed by atoms with Crippen molar-refractivity contribution in [1.29, 1.82) is 0 Å². The minimum absolute atomic E-state index is 0.418. The summed E-state index contributed by atoms with van der Waals surface area (Å²) in [5.41, 5.74) is 0.762. The van der Waals surface area contributed by atoms with Gasteiger partial charge in [-0.3, -0.25) is 9.51 Å². The first-order valence-corrected chi connectivity index (χ1v) is 4.37. The van der Waals surface area contributed by atoms with Crippen molar-refractivity contribution in [1.82, 2.24) is 19.7 Å². The summed E-state index contributed by atoms with van der Waals surface area (Å²) in [6, 6.07) is 0. The van der Waals surface area contributed by atoms with Crippen LogP contribution in [0.5, 0.6) is 0 Å². The van der Waals surface area contributed by atoms with Gasteiger partial charge >= 0.3 is 5.76 Å². The van der Waals surface area contributed by atoms with Gasteiger partial charge in [0.25, 0.3) is 0 Å². The standard InChI is InChI=1S/C8H10N4O2/c1-2-3-12-5-9-4-6(12)7-10-8(13)14-11-7/h4-5H,2-3H2,1H3,(H,10,11,13). The molecule has 2 rings (SSSR count). The molecule has 2 heterocycles. The van der Waals surface area contributed by atoms with Crippen molar-refractivity contribution in [3.05, 3.63) is 23.1 Å². The van der Waals surface area contributed by atoms with Gasteiger partial charge in [0.2, 0.25) is 5.82 Å². The largest absolute Gasteiger partial charge is 0.439 e. The molecule has 0 aliphatic rings. The van der Waals surface area contributed by atoms with Crippen LogP contribution in [0.1, 0.15) is 13.3 Å². The van der Waals surface area contributed by atoms with Gasteiger partial charge in [-0.2, -0.15) is 0 Å². The fourth-order valence-electron chi connectivity index (χ4n) is 1.28. The van der Waals surface area contributed by atoms with Crippen molar-refractivity contribution in [2.45, 2.75) is 19.9 Å². The van der Waals surface area contributed by atoms with Crippen molar-refractivity contribution in [3.63, 3.8) is 0 Å². The number of rotatable bonds is 3. The highest BCUT2D eigenvalue weighted by Crippen LogP contribution is 2.12. The fraction of sp³-hybridized carbons (Fsp3) is 0.375. The lowest BCUT2D eigenvalue weighted by molar-refractivity contribution is 0.387. The number of aryl methyl sites for hydroxylation is 1. The molecule has 0 amide bonds. The Morgan fingerprint density at radius 2 is 2.50 bits per heavy atom. The predicted molar refractivity (Wildman–Crippen MR) is 48.6 cm³/mol. The number of H-pyrrole nitrogens is 1. The number of aromatic nitrogens is 4. The molecule has 0 aliphatic heterocycles. The average Bonchev–Trinajstić information content (AvgIpc) is 2.74. The molecule has 0 saturated carbocycles. The minimum atomic E-state index is -0.552. The zero-order chi connectivity index (χ0) is 9.97. The molecule has 0 bridgehead atoms. The molecule has 0 aromatic carbocycles. The molecule has 14 heavy (non-hydrogen) atoms. The normalized spacial score (nSPS) is 10.6. The van der Waals surface area contributed by atoms with E-state index < -0.39 is 5.76 Å². The molecule has 0 fully saturated rings. The smallest absolute Gasteiger partial charge is 0.328 e. The van der Waals surface area contributed by atoms with Gasteiger partial charge in [0.1, 0.15) is 5.69 Å². The van der Waals surface area contributed by atoms with Crippen LogP contribution in [-0.4, -0.2) is 19.7 Å². The number of nitrogens with one attached hydrogen (secondary N) is 1. The Morgan fingerprint density at radius 3 is 3.14 bits per heavy atom. The van der Waals surface area contributed by atoms with E-state index in [-0.39, 0.29) is 0 Å². The van der Waals surface area contributed by atoms with Gasteiger partial charge in [-0.25, -0.2) is 9.78 Å². The van der Waals surface area contributed by atoms with Gasteiger partial charge in [0.05, 0.1) is 12.5 Å². The molecule has 2 aromatic rings. The fourth-order valence-corrected chi connectivity index (χ4v) is 1.28. The van der Waals surface area contributed by atoms with Crippen LogP contribution in [0, 0.1) is 0 Å². The maximum atomic E-state index is 10.7. The lowest BCUT2D eigenvalue weighted by atomic mass is 10.4. The molecule has 0 aliphatic carbocycles. The summed E-state index contributed by atoms with van der Waals surface area (Å²) in [4.78, 5) is 17.2. The first-order valence-electron chi connectivity index (χ1n) is 4.37. The van der Waals surface area contributed by atoms with E-state index in [0.29, 0.717) is 5.82 Å². The topological polar surface area (TPSA) is 76.7 Å². The van der Waals surface area contributed by atoms with E-state index in [1.54, 1.807) is 12.5 Å². The highest BCUT2D eigenvalue weighted by molar-refractivity contribution is 5.46. The summed E-state index contributed by atoms with van der Waals surface area (Å²) in [6.45, 7) is 2.90. The van der Waals surface area contributed by atoms with Gasteiger partial charge in [-0.1, -0.05) is 12.1 Å². The highest BCUT2D eigenvalue weighted by atomic mass is 16.5. The number of hydrogen-bond acceptors (Lipinski definition) is 4. The second-order valence-electron chi connectivity index (χ2n) is 2.92. The summed E-state index contributed by atoms with van der Waals surface area (Å²) < 4.78 is 6.33. The Balaban J connectivity index is 2.40. The van der Waals surface area contributed by atoms with Crippen LogP contribution >= 0.6 is 0 Å². The quantitative estimate of drug-likeness (QED) is 0.777. The predicted octanol–water partition coefficient (Wildman–Crippen LogP) is 0.636. The van der Waals surface area contributed by atoms with Gasteiger partial charge < -0.3 is 4.57 Å². The minimum Gasteiger partial charge on any atom is -0.328 e. The molecule has 0 spiro atoms. The molecular weight excluding hydrogens is 184 g/mol. The Kier molecular flexibility index (Phi) is 2.18. The average molecular weight is 194 g/mol. The van der Waals surface area contributed by atoms with E-state index in [0.717, 1.165) is 18.7 Å². The van der Waals surface area contributed by atoms with E-state index in [1.807, 2.05) is 4.57 Å². The molecule has 6 nitrogen and oxygen atoms in total. The molecule has 0 atom stereocenters. The summed E-state index contributed by atoms with van der Waals surface area (Å²) in [6.07, 6.45) is 4.33. The van der Waals surface area contributed by atoms with Crippen LogP contribution in [0.25, 0.3) is 11.5 Å². The number of hydrogen-bond donors (Lipinski definition) is 1. The SMILES string of the molecule is CCCn1cncc1-c1noc(=O)[nH]1. The van der Waals surface area contributed by atoms with E-state index in [4.69, 9.17) is 0 Å². The summed E-state index contributed by atoms with van der Waals surface area (Å²) in [5.74, 6) is -0.134. The lowest BCUT2D eigenvalue weighted by Crippen LogP contribution is -2.00. The molecule has 0 saturated heterocycles. The molecule has 74 valence electrons. The first kappa shape index (κ1) is 8.74. The van der Waals surface area contributed by atoms with Gasteiger partial charge in [0, 0.05) is 6.54 Å². The molecule has 6 heteroatoms. The van der Waals surface area contributed by atoms with Crippen molar-refractivity contribution >= 4 is 0 Å². The van der Waals surface area contributed by atoms with Crippen LogP contribution in [0.2, 0.25) is 0 Å². The van der Waals surface area contributed by atoms with Crippen LogP contribution in [0.3, 0.4) is 0 Å². The molecule has 1 N–H and O–H groups in total. The van der Waals surface area contributed by atoms with Crippen molar-refractivity contribution in [2.75, 3.05) is 0 Å². The van der Waals surface area contributed by atoms with E-state index >= 15 is 0 Å². The number of nitrogens with zero attached hydrogens (tertiary/aromatic N) is 3. The Morgan fingerprint density at radius 1 is 1.64 bits per heavy atom. The number of aromatic amines is 1. The maximum absolute atomic E-state index is 10.7. The molecular formula is C8H10N4O2. The third-order valence-electron chi connectivity index (χ3n) is 1.86. The van der Waals surface area contributed by atoms with Crippen LogP contribution in [0.4, 0.5) is 0 Å². The van der Waals surface area contributed by atoms with Crippen LogP contribution in [-0.2, 0) is 6.54 Å². The van der Waals surface area contributed by atoms with Crippen molar-refractivity contribution in [3.8, 4) is 11.5 Å². The molecule has 0 unspecified atom stereocenters. The van der Waals surface area contributed by atoms with Crippen LogP contribution in [0.15, 0.2) is 21.8 Å². The second-order valence-corrected chi connectivity index (χ2v) is 2.92. The van der Waals surface area contributed by atoms with Gasteiger partial charge in [-0.05, 0) is 6.42 Å². The van der Waals surface area contributed by atoms with Crippen LogP contribution < -0.4 is 5.76 Å². The maximum Gasteiger partial charge on any atom is 0.439 e.